The van der Waals surface area contributed by atoms with Crippen LogP contribution in [0.4, 0.5) is 4.79 Å². The number of likely N-dealkylation sites (tertiary alicyclic amines) is 1. The van der Waals surface area contributed by atoms with E-state index < -0.39 is 12.0 Å². The summed E-state index contributed by atoms with van der Waals surface area (Å²) < 4.78 is 16.4. The Morgan fingerprint density at radius 3 is 2.48 bits per heavy atom. The minimum absolute atomic E-state index is 0.239. The number of carbonyl (C=O) groups excluding carboxylic acids is 2. The van der Waals surface area contributed by atoms with Crippen molar-refractivity contribution in [3.63, 3.8) is 0 Å². The second-order valence-corrected chi connectivity index (χ2v) is 8.37. The second-order valence-electron chi connectivity index (χ2n) is 8.37. The van der Waals surface area contributed by atoms with E-state index in [4.69, 9.17) is 14.2 Å². The number of methoxy groups -OCH3 is 2. The number of para-hydroxylation sites is 1. The van der Waals surface area contributed by atoms with Crippen molar-refractivity contribution >= 4 is 12.0 Å². The molecule has 0 aromatic heterocycles. The van der Waals surface area contributed by atoms with Gasteiger partial charge in [0, 0.05) is 30.9 Å². The van der Waals surface area contributed by atoms with Crippen molar-refractivity contribution in [1.29, 1.82) is 0 Å². The van der Waals surface area contributed by atoms with Gasteiger partial charge in [-0.1, -0.05) is 26.0 Å². The Morgan fingerprint density at radius 1 is 1.16 bits per heavy atom. The molecule has 3 rings (SSSR count). The first kappa shape index (κ1) is 22.9. The molecular weight excluding hydrogens is 398 g/mol. The van der Waals surface area contributed by atoms with Crippen molar-refractivity contribution in [2.24, 2.45) is 11.8 Å². The van der Waals surface area contributed by atoms with E-state index in [9.17, 15) is 9.59 Å². The lowest BCUT2D eigenvalue weighted by Gasteiger charge is -2.37. The van der Waals surface area contributed by atoms with Crippen molar-refractivity contribution in [1.82, 2.24) is 15.5 Å². The van der Waals surface area contributed by atoms with Crippen LogP contribution in [0.2, 0.25) is 0 Å². The van der Waals surface area contributed by atoms with Gasteiger partial charge in [-0.3, -0.25) is 4.90 Å². The molecule has 2 N–H and O–H groups in total. The van der Waals surface area contributed by atoms with E-state index in [1.165, 1.54) is 13.5 Å². The first-order chi connectivity index (χ1) is 14.9. The molecule has 3 atom stereocenters. The van der Waals surface area contributed by atoms with E-state index >= 15 is 0 Å². The number of rotatable bonds is 7. The molecule has 8 nitrogen and oxygen atoms in total. The van der Waals surface area contributed by atoms with Gasteiger partial charge in [0.1, 0.15) is 0 Å². The number of esters is 1. The monoisotopic (exact) mass is 431 g/mol. The number of amides is 2. The van der Waals surface area contributed by atoms with Crippen molar-refractivity contribution < 1.29 is 23.8 Å². The summed E-state index contributed by atoms with van der Waals surface area (Å²) in [4.78, 5) is 28.0. The summed E-state index contributed by atoms with van der Waals surface area (Å²) in [7, 11) is 3.09. The normalized spacial score (nSPS) is 24.3. The summed E-state index contributed by atoms with van der Waals surface area (Å²) >= 11 is 0. The predicted octanol–water partition coefficient (Wildman–Crippen LogP) is 2.85. The highest BCUT2D eigenvalue weighted by Gasteiger charge is 2.37. The van der Waals surface area contributed by atoms with Crippen LogP contribution in [0.15, 0.2) is 29.5 Å². The van der Waals surface area contributed by atoms with Crippen LogP contribution in [0.1, 0.15) is 38.8 Å². The Balaban J connectivity index is 2.06. The van der Waals surface area contributed by atoms with Crippen molar-refractivity contribution in [2.45, 2.75) is 33.2 Å². The van der Waals surface area contributed by atoms with Crippen molar-refractivity contribution in [3.05, 3.63) is 35.0 Å². The third-order valence-electron chi connectivity index (χ3n) is 5.72. The van der Waals surface area contributed by atoms with E-state index in [0.29, 0.717) is 46.7 Å². The fourth-order valence-corrected chi connectivity index (χ4v) is 4.71. The van der Waals surface area contributed by atoms with Crippen LogP contribution in [0.3, 0.4) is 0 Å². The fourth-order valence-electron chi connectivity index (χ4n) is 4.71. The SMILES string of the molecule is CCOC(=O)C1=C(CN2C[C@H](C)C[C@H](C)C2)NC(=O)N[C@@H]1c1cccc(OC)c1OC. The summed E-state index contributed by atoms with van der Waals surface area (Å²) in [6.07, 6.45) is 1.18. The molecule has 0 aliphatic carbocycles. The smallest absolute Gasteiger partial charge is 0.338 e. The molecule has 0 unspecified atom stereocenters. The van der Waals surface area contributed by atoms with Crippen molar-refractivity contribution in [2.75, 3.05) is 40.5 Å². The lowest BCUT2D eigenvalue weighted by molar-refractivity contribution is -0.139. The van der Waals surface area contributed by atoms with Gasteiger partial charge < -0.3 is 24.8 Å². The zero-order chi connectivity index (χ0) is 22.5. The molecule has 0 spiro atoms. The van der Waals surface area contributed by atoms with Gasteiger partial charge in [0.15, 0.2) is 11.5 Å². The molecule has 1 fully saturated rings. The lowest BCUT2D eigenvalue weighted by atomic mass is 9.90. The molecule has 1 saturated heterocycles. The maximum atomic E-state index is 13.1. The van der Waals surface area contributed by atoms with Gasteiger partial charge in [-0.05, 0) is 31.2 Å². The Hall–Kier alpha value is -2.74. The molecule has 0 radical (unpaired) electrons. The summed E-state index contributed by atoms with van der Waals surface area (Å²) in [5.41, 5.74) is 1.59. The maximum Gasteiger partial charge on any atom is 0.338 e. The summed E-state index contributed by atoms with van der Waals surface area (Å²) in [6, 6.07) is 4.32. The predicted molar refractivity (Wildman–Crippen MR) is 117 cm³/mol. The minimum Gasteiger partial charge on any atom is -0.493 e. The van der Waals surface area contributed by atoms with Gasteiger partial charge in [0.2, 0.25) is 0 Å². The van der Waals surface area contributed by atoms with Crippen LogP contribution in [0, 0.1) is 11.8 Å². The Labute approximate surface area is 183 Å². The number of ether oxygens (including phenoxy) is 3. The van der Waals surface area contributed by atoms with Crippen LogP contribution >= 0.6 is 0 Å². The molecule has 31 heavy (non-hydrogen) atoms. The number of nitrogens with zero attached hydrogens (tertiary/aromatic N) is 1. The first-order valence-electron chi connectivity index (χ1n) is 10.8. The average Bonchev–Trinajstić information content (AvgIpc) is 2.71. The molecule has 170 valence electrons. The Bertz CT molecular complexity index is 844. The molecule has 1 aromatic carbocycles. The highest BCUT2D eigenvalue weighted by molar-refractivity contribution is 5.95. The van der Waals surface area contributed by atoms with E-state index in [0.717, 1.165) is 13.1 Å². The molecule has 0 bridgehead atoms. The van der Waals surface area contributed by atoms with Gasteiger partial charge in [-0.25, -0.2) is 9.59 Å². The van der Waals surface area contributed by atoms with Gasteiger partial charge in [0.25, 0.3) is 0 Å². The van der Waals surface area contributed by atoms with Crippen molar-refractivity contribution in [3.8, 4) is 11.5 Å². The van der Waals surface area contributed by atoms with Gasteiger partial charge in [-0.15, -0.1) is 0 Å². The van der Waals surface area contributed by atoms with E-state index in [-0.39, 0.29) is 12.6 Å². The lowest BCUT2D eigenvalue weighted by Crippen LogP contribution is -2.50. The topological polar surface area (TPSA) is 89.1 Å². The second kappa shape index (κ2) is 10.0. The van der Waals surface area contributed by atoms with Crippen LogP contribution in [-0.2, 0) is 9.53 Å². The molecule has 1 aromatic rings. The van der Waals surface area contributed by atoms with Crippen LogP contribution in [-0.4, -0.2) is 57.4 Å². The number of urea groups is 1. The molecule has 2 heterocycles. The van der Waals surface area contributed by atoms with Gasteiger partial charge >= 0.3 is 12.0 Å². The fraction of sp³-hybridized carbons (Fsp3) is 0.565. The van der Waals surface area contributed by atoms with E-state index in [2.05, 4.69) is 29.4 Å². The first-order valence-corrected chi connectivity index (χ1v) is 10.8. The quantitative estimate of drug-likeness (QED) is 0.646. The number of nitrogens with one attached hydrogen (secondary N) is 2. The largest absolute Gasteiger partial charge is 0.493 e. The summed E-state index contributed by atoms with van der Waals surface area (Å²) in [6.45, 7) is 8.77. The molecule has 8 heteroatoms. The average molecular weight is 432 g/mol. The van der Waals surface area contributed by atoms with Crippen LogP contribution in [0.5, 0.6) is 11.5 Å². The van der Waals surface area contributed by atoms with Crippen LogP contribution in [0.25, 0.3) is 0 Å². The Morgan fingerprint density at radius 2 is 1.87 bits per heavy atom. The minimum atomic E-state index is -0.715. The van der Waals surface area contributed by atoms with E-state index in [1.54, 1.807) is 26.2 Å². The summed E-state index contributed by atoms with van der Waals surface area (Å²) in [5.74, 6) is 1.65. The molecular formula is C23H33N3O5. The van der Waals surface area contributed by atoms with Gasteiger partial charge in [0.05, 0.1) is 32.4 Å². The zero-order valence-electron chi connectivity index (χ0n) is 19.0. The molecule has 2 aliphatic rings. The third-order valence-corrected chi connectivity index (χ3v) is 5.72. The highest BCUT2D eigenvalue weighted by atomic mass is 16.5. The maximum absolute atomic E-state index is 13.1. The third kappa shape index (κ3) is 5.12. The zero-order valence-corrected chi connectivity index (χ0v) is 19.0. The summed E-state index contributed by atoms with van der Waals surface area (Å²) in [5, 5.41) is 5.73. The number of hydrogen-bond acceptors (Lipinski definition) is 6. The number of carbonyl (C=O) groups is 2. The van der Waals surface area contributed by atoms with Gasteiger partial charge in [-0.2, -0.15) is 0 Å². The van der Waals surface area contributed by atoms with Crippen LogP contribution < -0.4 is 20.1 Å². The highest BCUT2D eigenvalue weighted by Crippen LogP contribution is 2.39. The number of hydrogen-bond donors (Lipinski definition) is 2. The molecule has 2 amide bonds. The molecule has 2 aliphatic heterocycles. The number of piperidine rings is 1. The van der Waals surface area contributed by atoms with E-state index in [1.807, 2.05) is 6.07 Å². The number of benzene rings is 1. The molecule has 0 saturated carbocycles. The Kier molecular flexibility index (Phi) is 7.43. The standard InChI is InChI=1S/C23H33N3O5/c1-6-31-22(27)19-17(13-26-11-14(2)10-15(3)12-26)24-23(28)25-20(19)16-8-7-9-18(29-4)21(16)30-5/h7-9,14-15,20H,6,10-13H2,1-5H3,(H2,24,25,28)/t14-,15+,20-/m1/s1.